The molecule has 0 bridgehead atoms. The Morgan fingerprint density at radius 2 is 1.64 bits per heavy atom. The van der Waals surface area contributed by atoms with Crippen molar-refractivity contribution >= 4 is 18.1 Å². The standard InChI is InChI=1S/C34H37F6N3O4/c1-18(2)9-28(43-17-21(7-8-42(5)6)26(15-29(43)44)34(38,39)40)33(47)41-16-23(14-30(45)46)25-12-22(13-27(36)32(25)37)31-19(3)10-24(35)11-20(31)4/h10-13,15-18,23,28H,7-9,14H2,1-6H3,(H,45,46). The van der Waals surface area contributed by atoms with E-state index in [1.165, 1.54) is 18.2 Å². The van der Waals surface area contributed by atoms with Gasteiger partial charge in [0.15, 0.2) is 11.6 Å². The van der Waals surface area contributed by atoms with Crippen LogP contribution in [0, 0.1) is 37.2 Å². The van der Waals surface area contributed by atoms with Crippen molar-refractivity contribution in [3.05, 3.63) is 92.2 Å². The molecule has 0 aliphatic rings. The van der Waals surface area contributed by atoms with Gasteiger partial charge in [0.05, 0.1) is 12.0 Å². The van der Waals surface area contributed by atoms with Crippen LogP contribution in [0.5, 0.6) is 0 Å². The number of hydrogen-bond donors (Lipinski definition) is 1. The van der Waals surface area contributed by atoms with Crippen LogP contribution in [0.2, 0.25) is 0 Å². The van der Waals surface area contributed by atoms with E-state index in [4.69, 9.17) is 0 Å². The lowest BCUT2D eigenvalue weighted by atomic mass is 9.89. The molecule has 1 amide bonds. The minimum atomic E-state index is -4.82. The largest absolute Gasteiger partial charge is 0.481 e. The van der Waals surface area contributed by atoms with Gasteiger partial charge in [-0.05, 0) is 98.8 Å². The molecule has 3 rings (SSSR count). The topological polar surface area (TPSA) is 92.0 Å². The van der Waals surface area contributed by atoms with E-state index in [2.05, 4.69) is 4.99 Å². The molecule has 0 aliphatic heterocycles. The monoisotopic (exact) mass is 665 g/mol. The zero-order chi connectivity index (χ0) is 35.4. The first-order valence-corrected chi connectivity index (χ1v) is 14.8. The highest BCUT2D eigenvalue weighted by atomic mass is 19.4. The molecule has 3 aromatic rings. The van der Waals surface area contributed by atoms with Gasteiger partial charge in [0.2, 0.25) is 0 Å². The number of carbonyl (C=O) groups is 2. The van der Waals surface area contributed by atoms with E-state index in [1.807, 2.05) is 0 Å². The summed E-state index contributed by atoms with van der Waals surface area (Å²) in [6, 6.07) is 3.59. The number of benzene rings is 2. The van der Waals surface area contributed by atoms with Crippen LogP contribution in [0.15, 0.2) is 46.3 Å². The maximum atomic E-state index is 15.2. The number of amides is 1. The highest BCUT2D eigenvalue weighted by molar-refractivity contribution is 5.91. The van der Waals surface area contributed by atoms with Crippen molar-refractivity contribution in [1.29, 1.82) is 0 Å². The molecule has 0 radical (unpaired) electrons. The first kappa shape index (κ1) is 37.2. The predicted molar refractivity (Wildman–Crippen MR) is 166 cm³/mol. The van der Waals surface area contributed by atoms with Crippen molar-refractivity contribution in [2.45, 2.75) is 65.1 Å². The fourth-order valence-corrected chi connectivity index (χ4v) is 5.49. The van der Waals surface area contributed by atoms with Gasteiger partial charge in [-0.2, -0.15) is 13.2 Å². The second-order valence-electron chi connectivity index (χ2n) is 12.3. The number of carbonyl (C=O) groups excluding carboxylic acids is 1. The van der Waals surface area contributed by atoms with Crippen molar-refractivity contribution in [3.8, 4) is 11.1 Å². The SMILES string of the molecule is Cc1cc(F)cc(C)c1-c1cc(F)c(F)c(C(C=NC(=O)C(CC(C)C)n2cc(CCN(C)C)c(C(F)(F)F)cc2=O)CC(=O)O)c1. The van der Waals surface area contributed by atoms with Crippen LogP contribution in [0.25, 0.3) is 11.1 Å². The number of aryl methyl sites for hydroxylation is 2. The van der Waals surface area contributed by atoms with E-state index in [9.17, 15) is 41.4 Å². The normalized spacial score (nSPS) is 13.5. The Balaban J connectivity index is 2.13. The Morgan fingerprint density at radius 1 is 1.02 bits per heavy atom. The number of rotatable bonds is 12. The Labute approximate surface area is 268 Å². The molecule has 0 aliphatic carbocycles. The first-order chi connectivity index (χ1) is 21.8. The lowest BCUT2D eigenvalue weighted by molar-refractivity contribution is -0.138. The molecule has 2 aromatic carbocycles. The van der Waals surface area contributed by atoms with Crippen LogP contribution in [-0.4, -0.2) is 53.3 Å². The molecule has 0 fully saturated rings. The van der Waals surface area contributed by atoms with Crippen LogP contribution in [0.4, 0.5) is 26.3 Å². The van der Waals surface area contributed by atoms with Crippen molar-refractivity contribution in [3.63, 3.8) is 0 Å². The third-order valence-electron chi connectivity index (χ3n) is 7.63. The summed E-state index contributed by atoms with van der Waals surface area (Å²) in [4.78, 5) is 43.8. The lowest BCUT2D eigenvalue weighted by Crippen LogP contribution is -2.32. The summed E-state index contributed by atoms with van der Waals surface area (Å²) in [7, 11) is 3.34. The van der Waals surface area contributed by atoms with Gasteiger partial charge in [0.25, 0.3) is 11.5 Å². The van der Waals surface area contributed by atoms with E-state index >= 15 is 4.39 Å². The maximum Gasteiger partial charge on any atom is 0.416 e. The van der Waals surface area contributed by atoms with E-state index < -0.39 is 70.6 Å². The number of nitrogens with zero attached hydrogens (tertiary/aromatic N) is 3. The third kappa shape index (κ3) is 9.40. The molecular weight excluding hydrogens is 628 g/mol. The molecule has 13 heteroatoms. The predicted octanol–water partition coefficient (Wildman–Crippen LogP) is 7.12. The van der Waals surface area contributed by atoms with Crippen LogP contribution in [-0.2, 0) is 22.2 Å². The quantitative estimate of drug-likeness (QED) is 0.164. The van der Waals surface area contributed by atoms with Gasteiger partial charge in [-0.15, -0.1) is 0 Å². The second kappa shape index (κ2) is 15.1. The van der Waals surface area contributed by atoms with Gasteiger partial charge in [0, 0.05) is 36.5 Å². The first-order valence-electron chi connectivity index (χ1n) is 14.8. The number of aliphatic carboxylic acids is 1. The number of carboxylic acids is 1. The smallest absolute Gasteiger partial charge is 0.416 e. The molecule has 2 atom stereocenters. The Hall–Kier alpha value is -4.26. The molecule has 7 nitrogen and oxygen atoms in total. The second-order valence-corrected chi connectivity index (χ2v) is 12.3. The molecule has 1 aromatic heterocycles. The number of aliphatic imine (C=N–C) groups is 1. The number of halogens is 6. The summed E-state index contributed by atoms with van der Waals surface area (Å²) >= 11 is 0. The van der Waals surface area contributed by atoms with Crippen LogP contribution in [0.3, 0.4) is 0 Å². The molecule has 1 heterocycles. The van der Waals surface area contributed by atoms with Crippen LogP contribution in [0.1, 0.15) is 66.5 Å². The molecule has 2 unspecified atom stereocenters. The summed E-state index contributed by atoms with van der Waals surface area (Å²) < 4.78 is 86.4. The number of pyridine rings is 1. The molecule has 0 spiro atoms. The third-order valence-corrected chi connectivity index (χ3v) is 7.63. The minimum Gasteiger partial charge on any atom is -0.481 e. The van der Waals surface area contributed by atoms with Gasteiger partial charge in [-0.3, -0.25) is 14.4 Å². The van der Waals surface area contributed by atoms with Crippen LogP contribution >= 0.6 is 0 Å². The summed E-state index contributed by atoms with van der Waals surface area (Å²) in [5.74, 6) is -7.33. The average Bonchev–Trinajstić information content (AvgIpc) is 2.93. The van der Waals surface area contributed by atoms with Crippen molar-refractivity contribution in [2.24, 2.45) is 10.9 Å². The van der Waals surface area contributed by atoms with Crippen molar-refractivity contribution < 1.29 is 41.0 Å². The molecule has 1 N–H and O–H groups in total. The van der Waals surface area contributed by atoms with E-state index in [1.54, 1.807) is 46.7 Å². The maximum absolute atomic E-state index is 15.2. The van der Waals surface area contributed by atoms with E-state index in [0.717, 1.165) is 23.0 Å². The molecule has 254 valence electrons. The van der Waals surface area contributed by atoms with Crippen molar-refractivity contribution in [2.75, 3.05) is 20.6 Å². The fraction of sp³-hybridized carbons (Fsp3) is 0.412. The van der Waals surface area contributed by atoms with Gasteiger partial charge >= 0.3 is 12.1 Å². The Morgan fingerprint density at radius 3 is 2.17 bits per heavy atom. The Bertz CT molecular complexity index is 1710. The molecule has 0 saturated carbocycles. The van der Waals surface area contributed by atoms with E-state index in [0.29, 0.717) is 22.8 Å². The number of aromatic nitrogens is 1. The highest BCUT2D eigenvalue weighted by Gasteiger charge is 2.35. The van der Waals surface area contributed by atoms with Gasteiger partial charge in [-0.1, -0.05) is 13.8 Å². The highest BCUT2D eigenvalue weighted by Crippen LogP contribution is 2.35. The number of hydrogen-bond acceptors (Lipinski definition) is 4. The zero-order valence-corrected chi connectivity index (χ0v) is 26.9. The summed E-state index contributed by atoms with van der Waals surface area (Å²) in [5.41, 5.74) is -1.47. The van der Waals surface area contributed by atoms with Crippen LogP contribution < -0.4 is 5.56 Å². The minimum absolute atomic E-state index is 0.0141. The lowest BCUT2D eigenvalue weighted by Gasteiger charge is -2.22. The summed E-state index contributed by atoms with van der Waals surface area (Å²) in [6.45, 7) is 6.82. The van der Waals surface area contributed by atoms with E-state index in [-0.39, 0.29) is 36.4 Å². The zero-order valence-electron chi connectivity index (χ0n) is 26.9. The number of alkyl halides is 3. The molecular formula is C34H37F6N3O4. The van der Waals surface area contributed by atoms with Gasteiger partial charge in [-0.25, -0.2) is 18.2 Å². The summed E-state index contributed by atoms with van der Waals surface area (Å²) in [6.07, 6.45) is -3.88. The number of likely N-dealkylation sites (N-methyl/N-ethyl adjacent to an activating group) is 1. The Kier molecular flexibility index (Phi) is 11.9. The number of carboxylic acid groups (broad SMARTS) is 1. The van der Waals surface area contributed by atoms with Gasteiger partial charge < -0.3 is 14.6 Å². The molecule has 47 heavy (non-hydrogen) atoms. The molecule has 0 saturated heterocycles. The average molecular weight is 666 g/mol. The van der Waals surface area contributed by atoms with Crippen molar-refractivity contribution in [1.82, 2.24) is 9.47 Å². The summed E-state index contributed by atoms with van der Waals surface area (Å²) in [5, 5.41) is 9.58. The fourth-order valence-electron chi connectivity index (χ4n) is 5.49. The van der Waals surface area contributed by atoms with Gasteiger partial charge in [0.1, 0.15) is 11.9 Å².